The topological polar surface area (TPSA) is 86.3 Å². The van der Waals surface area contributed by atoms with Crippen molar-refractivity contribution in [2.75, 3.05) is 6.54 Å². The van der Waals surface area contributed by atoms with E-state index in [1.54, 1.807) is 0 Å². The highest BCUT2D eigenvalue weighted by Crippen LogP contribution is 2.09. The molecule has 0 amide bonds. The van der Waals surface area contributed by atoms with Crippen molar-refractivity contribution in [2.45, 2.75) is 30.6 Å². The molecule has 0 aliphatic rings. The molecule has 1 rings (SSSR count). The maximum atomic E-state index is 12.7. The first-order valence-electron chi connectivity index (χ1n) is 5.87. The molecule has 0 heterocycles. The summed E-state index contributed by atoms with van der Waals surface area (Å²) < 4.78 is 38.5. The van der Waals surface area contributed by atoms with Crippen LogP contribution in [-0.2, 0) is 14.8 Å². The lowest BCUT2D eigenvalue weighted by atomic mass is 10.2. The molecule has 5 nitrogen and oxygen atoms in total. The highest BCUT2D eigenvalue weighted by Gasteiger charge is 2.12. The van der Waals surface area contributed by atoms with Gasteiger partial charge in [0, 0.05) is 12.5 Å². The van der Waals surface area contributed by atoms with Crippen molar-refractivity contribution in [3.63, 3.8) is 0 Å². The molecule has 0 saturated heterocycles. The molecule has 0 radical (unpaired) electrons. The fraction of sp³-hybridized carbons (Fsp3) is 0.417. The zero-order valence-corrected chi connectivity index (χ0v) is 11.1. The van der Waals surface area contributed by atoms with Crippen molar-refractivity contribution >= 4 is 16.0 Å². The fourth-order valence-electron chi connectivity index (χ4n) is 1.47. The van der Waals surface area contributed by atoms with Crippen molar-refractivity contribution in [3.8, 4) is 0 Å². The molecule has 1 aromatic rings. The van der Waals surface area contributed by atoms with Gasteiger partial charge in [-0.3, -0.25) is 0 Å². The lowest BCUT2D eigenvalue weighted by molar-refractivity contribution is -0.305. The molecule has 7 heteroatoms. The summed E-state index contributed by atoms with van der Waals surface area (Å²) in [6, 6.07) is 4.53. The summed E-state index contributed by atoms with van der Waals surface area (Å²) in [5.74, 6) is -1.60. The zero-order chi connectivity index (χ0) is 14.3. The Morgan fingerprint density at radius 2 is 1.79 bits per heavy atom. The highest BCUT2D eigenvalue weighted by molar-refractivity contribution is 7.89. The van der Waals surface area contributed by atoms with E-state index in [9.17, 15) is 22.7 Å². The second-order valence-corrected chi connectivity index (χ2v) is 5.80. The molecule has 0 spiro atoms. The third-order valence-corrected chi connectivity index (χ3v) is 3.95. The molecule has 0 unspecified atom stereocenters. The van der Waals surface area contributed by atoms with E-state index < -0.39 is 21.8 Å². The van der Waals surface area contributed by atoms with Gasteiger partial charge in [-0.25, -0.2) is 17.5 Å². The van der Waals surface area contributed by atoms with Gasteiger partial charge in [0.2, 0.25) is 10.0 Å². The lowest BCUT2D eigenvalue weighted by Crippen LogP contribution is -2.25. The average Bonchev–Trinajstić information content (AvgIpc) is 2.34. The predicted octanol–water partition coefficient (Wildman–Crippen LogP) is 0.414. The molecule has 0 aliphatic carbocycles. The molecule has 0 aromatic heterocycles. The summed E-state index contributed by atoms with van der Waals surface area (Å²) >= 11 is 0. The minimum absolute atomic E-state index is 0.00337. The summed E-state index contributed by atoms with van der Waals surface area (Å²) in [5.41, 5.74) is 0. The quantitative estimate of drug-likeness (QED) is 0.702. The van der Waals surface area contributed by atoms with E-state index in [1.807, 2.05) is 0 Å². The molecule has 1 aromatic carbocycles. The SMILES string of the molecule is O=C([O-])CCCCCNS(=O)(=O)c1ccc(F)cc1. The van der Waals surface area contributed by atoms with Crippen molar-refractivity contribution < 1.29 is 22.7 Å². The van der Waals surface area contributed by atoms with Crippen LogP contribution in [0.1, 0.15) is 25.7 Å². The maximum Gasteiger partial charge on any atom is 0.240 e. The number of benzene rings is 1. The van der Waals surface area contributed by atoms with E-state index in [2.05, 4.69) is 4.72 Å². The second kappa shape index (κ2) is 7.20. The van der Waals surface area contributed by atoms with Gasteiger partial charge in [-0.2, -0.15) is 0 Å². The normalized spacial score (nSPS) is 11.4. The van der Waals surface area contributed by atoms with E-state index in [-0.39, 0.29) is 17.9 Å². The van der Waals surface area contributed by atoms with Crippen LogP contribution in [0.25, 0.3) is 0 Å². The average molecular weight is 288 g/mol. The van der Waals surface area contributed by atoms with Gasteiger partial charge in [0.05, 0.1) is 4.90 Å². The number of hydrogen-bond donors (Lipinski definition) is 1. The molecule has 0 fully saturated rings. The van der Waals surface area contributed by atoms with Crippen molar-refractivity contribution in [1.82, 2.24) is 4.72 Å². The number of aliphatic carboxylic acids is 1. The van der Waals surface area contributed by atoms with E-state index in [0.29, 0.717) is 19.3 Å². The van der Waals surface area contributed by atoms with Crippen LogP contribution < -0.4 is 9.83 Å². The Labute approximate surface area is 111 Å². The van der Waals surface area contributed by atoms with Crippen LogP contribution in [0.4, 0.5) is 4.39 Å². The summed E-state index contributed by atoms with van der Waals surface area (Å²) in [7, 11) is -3.63. The first kappa shape index (κ1) is 15.6. The Bertz CT molecular complexity index is 513. The second-order valence-electron chi connectivity index (χ2n) is 4.03. The largest absolute Gasteiger partial charge is 0.550 e. The van der Waals surface area contributed by atoms with E-state index in [1.165, 1.54) is 12.1 Å². The number of hydrogen-bond acceptors (Lipinski definition) is 4. The fourth-order valence-corrected chi connectivity index (χ4v) is 2.55. The van der Waals surface area contributed by atoms with Crippen molar-refractivity contribution in [3.05, 3.63) is 30.1 Å². The Kier molecular flexibility index (Phi) is 5.91. The van der Waals surface area contributed by atoms with Gasteiger partial charge in [0.15, 0.2) is 0 Å². The molecule has 106 valence electrons. The van der Waals surface area contributed by atoms with Gasteiger partial charge in [0.25, 0.3) is 0 Å². The Morgan fingerprint density at radius 1 is 1.16 bits per heavy atom. The highest BCUT2D eigenvalue weighted by atomic mass is 32.2. The predicted molar refractivity (Wildman–Crippen MR) is 65.1 cm³/mol. The Balaban J connectivity index is 2.35. The summed E-state index contributed by atoms with van der Waals surface area (Å²) in [5, 5.41) is 10.2. The minimum atomic E-state index is -3.63. The first-order valence-corrected chi connectivity index (χ1v) is 7.35. The van der Waals surface area contributed by atoms with Gasteiger partial charge in [-0.15, -0.1) is 0 Å². The van der Waals surface area contributed by atoms with Gasteiger partial charge >= 0.3 is 0 Å². The molecule has 0 saturated carbocycles. The van der Waals surface area contributed by atoms with E-state index in [4.69, 9.17) is 0 Å². The van der Waals surface area contributed by atoms with Crippen LogP contribution in [0, 0.1) is 5.82 Å². The van der Waals surface area contributed by atoms with Gasteiger partial charge < -0.3 is 9.90 Å². The smallest absolute Gasteiger partial charge is 0.240 e. The van der Waals surface area contributed by atoms with E-state index in [0.717, 1.165) is 12.1 Å². The van der Waals surface area contributed by atoms with Crippen LogP contribution >= 0.6 is 0 Å². The van der Waals surface area contributed by atoms with Crippen LogP contribution in [-0.4, -0.2) is 20.9 Å². The van der Waals surface area contributed by atoms with Gasteiger partial charge in [-0.1, -0.05) is 6.42 Å². The molecular weight excluding hydrogens is 273 g/mol. The zero-order valence-electron chi connectivity index (χ0n) is 10.3. The number of carboxylic acid groups (broad SMARTS) is 1. The number of carbonyl (C=O) groups is 1. The summed E-state index contributed by atoms with van der Waals surface area (Å²) in [6.07, 6.45) is 1.57. The molecule has 0 bridgehead atoms. The first-order chi connectivity index (χ1) is 8.92. The van der Waals surface area contributed by atoms with Crippen LogP contribution in [0.5, 0.6) is 0 Å². The molecule has 0 aliphatic heterocycles. The number of nitrogens with one attached hydrogen (secondary N) is 1. The van der Waals surface area contributed by atoms with Crippen LogP contribution in [0.3, 0.4) is 0 Å². The van der Waals surface area contributed by atoms with Gasteiger partial charge in [-0.05, 0) is 43.5 Å². The Morgan fingerprint density at radius 3 is 2.37 bits per heavy atom. The number of unbranched alkanes of at least 4 members (excludes halogenated alkanes) is 2. The summed E-state index contributed by atoms with van der Waals surface area (Å²) in [6.45, 7) is 0.215. The standard InChI is InChI=1S/C12H16FNO4S/c13-10-5-7-11(8-6-10)19(17,18)14-9-3-1-2-4-12(15)16/h5-8,14H,1-4,9H2,(H,15,16)/p-1. The third kappa shape index (κ3) is 5.80. The molecular formula is C12H15FNO4S-. The minimum Gasteiger partial charge on any atom is -0.550 e. The number of carbonyl (C=O) groups excluding carboxylic acids is 1. The van der Waals surface area contributed by atoms with E-state index >= 15 is 0 Å². The van der Waals surface area contributed by atoms with Crippen LogP contribution in [0.15, 0.2) is 29.2 Å². The number of sulfonamides is 1. The van der Waals surface area contributed by atoms with Crippen molar-refractivity contribution in [2.24, 2.45) is 0 Å². The molecule has 19 heavy (non-hydrogen) atoms. The van der Waals surface area contributed by atoms with Gasteiger partial charge in [0.1, 0.15) is 5.82 Å². The number of carboxylic acids is 1. The lowest BCUT2D eigenvalue weighted by Gasteiger charge is -2.07. The van der Waals surface area contributed by atoms with Crippen molar-refractivity contribution in [1.29, 1.82) is 0 Å². The van der Waals surface area contributed by atoms with Crippen LogP contribution in [0.2, 0.25) is 0 Å². The number of halogens is 1. The third-order valence-electron chi connectivity index (χ3n) is 2.47. The Hall–Kier alpha value is -1.47. The number of rotatable bonds is 8. The maximum absolute atomic E-state index is 12.7. The summed E-state index contributed by atoms with van der Waals surface area (Å²) in [4.78, 5) is 10.2. The molecule has 1 N–H and O–H groups in total. The molecule has 0 atom stereocenters. The monoisotopic (exact) mass is 288 g/mol.